The van der Waals surface area contributed by atoms with Crippen molar-refractivity contribution in [3.05, 3.63) is 94.5 Å². The molecule has 2 atom stereocenters. The van der Waals surface area contributed by atoms with Crippen LogP contribution in [0.1, 0.15) is 29.5 Å². The number of benzene rings is 3. The second kappa shape index (κ2) is 18.4. The zero-order valence-electron chi connectivity index (χ0n) is 33.8. The van der Waals surface area contributed by atoms with Crippen LogP contribution in [0.4, 0.5) is 29.6 Å². The first-order chi connectivity index (χ1) is 28.8. The van der Waals surface area contributed by atoms with Gasteiger partial charge < -0.3 is 38.8 Å². The van der Waals surface area contributed by atoms with Gasteiger partial charge in [-0.05, 0) is 79.5 Å². The number of nitrogens with zero attached hydrogens (tertiary/aromatic N) is 7. The van der Waals surface area contributed by atoms with Crippen LogP contribution in [-0.4, -0.2) is 116 Å². The number of ether oxygens (including phenoxy) is 4. The summed E-state index contributed by atoms with van der Waals surface area (Å²) in [5.74, 6) is 2.07. The Morgan fingerprint density at radius 2 is 1.43 bits per heavy atom. The Morgan fingerprint density at radius 1 is 0.833 bits per heavy atom. The second-order valence-corrected chi connectivity index (χ2v) is 15.3. The van der Waals surface area contributed by atoms with Crippen LogP contribution in [0.15, 0.2) is 72.8 Å². The number of rotatable bonds is 14. The van der Waals surface area contributed by atoms with E-state index in [1.54, 1.807) is 27.4 Å². The van der Waals surface area contributed by atoms with Gasteiger partial charge in [0.1, 0.15) is 29.7 Å². The Hall–Kier alpha value is -5.58. The molecule has 1 amide bonds. The van der Waals surface area contributed by atoms with Crippen LogP contribution in [0.25, 0.3) is 22.2 Å². The SMILES string of the molecule is COCC1CCC(COc2nc(N3CCN(C(=O)O)CC3)c3cc(Cl)c(-c4nc(N(Cc5ccc(OC)cc5)Cc5ccc(OC)cc5)ccc4C(F)(F)F)cc3n2)N1C. The summed E-state index contributed by atoms with van der Waals surface area (Å²) < 4.78 is 67.1. The van der Waals surface area contributed by atoms with E-state index in [4.69, 9.17) is 45.5 Å². The van der Waals surface area contributed by atoms with E-state index in [-0.39, 0.29) is 59.9 Å². The lowest BCUT2D eigenvalue weighted by Crippen LogP contribution is -2.48. The topological polar surface area (TPSA) is 126 Å². The van der Waals surface area contributed by atoms with Crippen molar-refractivity contribution in [2.24, 2.45) is 0 Å². The molecule has 7 rings (SSSR count). The largest absolute Gasteiger partial charge is 0.497 e. The first-order valence-corrected chi connectivity index (χ1v) is 19.9. The molecular weight excluding hydrogens is 803 g/mol. The molecule has 0 saturated carbocycles. The lowest BCUT2D eigenvalue weighted by atomic mass is 10.0. The first-order valence-electron chi connectivity index (χ1n) is 19.5. The summed E-state index contributed by atoms with van der Waals surface area (Å²) in [5, 5.41) is 10.1. The number of hydrogen-bond acceptors (Lipinski definition) is 11. The molecule has 3 aromatic carbocycles. The Balaban J connectivity index is 1.31. The van der Waals surface area contributed by atoms with Crippen molar-refractivity contribution >= 4 is 40.2 Å². The molecule has 2 fully saturated rings. The van der Waals surface area contributed by atoms with E-state index >= 15 is 0 Å². The molecule has 17 heteroatoms. The number of likely N-dealkylation sites (tertiary alicyclic amines) is 1. The van der Waals surface area contributed by atoms with Crippen LogP contribution in [0.2, 0.25) is 5.02 Å². The summed E-state index contributed by atoms with van der Waals surface area (Å²) in [6.07, 6.45) is -3.99. The summed E-state index contributed by atoms with van der Waals surface area (Å²) >= 11 is 6.97. The van der Waals surface area contributed by atoms with Crippen LogP contribution in [0, 0.1) is 0 Å². The third-order valence-corrected chi connectivity index (χ3v) is 11.5. The maximum atomic E-state index is 14.9. The molecule has 2 saturated heterocycles. The van der Waals surface area contributed by atoms with Gasteiger partial charge in [0.2, 0.25) is 0 Å². The fourth-order valence-corrected chi connectivity index (χ4v) is 8.00. The van der Waals surface area contributed by atoms with Gasteiger partial charge in [0.05, 0.1) is 42.6 Å². The van der Waals surface area contributed by atoms with Crippen molar-refractivity contribution in [1.29, 1.82) is 0 Å². The third-order valence-electron chi connectivity index (χ3n) is 11.2. The van der Waals surface area contributed by atoms with Gasteiger partial charge in [-0.3, -0.25) is 4.90 Å². The minimum absolute atomic E-state index is 0.00830. The third kappa shape index (κ3) is 9.56. The maximum Gasteiger partial charge on any atom is 0.418 e. The highest BCUT2D eigenvalue weighted by Gasteiger charge is 2.36. The Morgan fingerprint density at radius 3 is 1.98 bits per heavy atom. The van der Waals surface area contributed by atoms with Gasteiger partial charge >= 0.3 is 18.3 Å². The maximum absolute atomic E-state index is 14.9. The molecule has 4 heterocycles. The molecule has 5 aromatic rings. The molecule has 2 unspecified atom stereocenters. The minimum atomic E-state index is -4.78. The number of alkyl halides is 3. The number of hydrogen-bond donors (Lipinski definition) is 1. The van der Waals surface area contributed by atoms with Crippen molar-refractivity contribution < 1.29 is 42.0 Å². The number of likely N-dealkylation sites (N-methyl/N-ethyl adjacent to an activating group) is 1. The molecule has 13 nitrogen and oxygen atoms in total. The highest BCUT2D eigenvalue weighted by molar-refractivity contribution is 6.34. The number of methoxy groups -OCH3 is 3. The molecule has 0 aliphatic carbocycles. The highest BCUT2D eigenvalue weighted by atomic mass is 35.5. The van der Waals surface area contributed by atoms with Crippen LogP contribution in [0.3, 0.4) is 0 Å². The lowest BCUT2D eigenvalue weighted by molar-refractivity contribution is -0.137. The van der Waals surface area contributed by atoms with E-state index in [0.717, 1.165) is 30.0 Å². The number of amides is 1. The summed E-state index contributed by atoms with van der Waals surface area (Å²) in [5.41, 5.74) is 0.755. The van der Waals surface area contributed by atoms with Gasteiger partial charge in [-0.25, -0.2) is 9.78 Å². The van der Waals surface area contributed by atoms with Crippen molar-refractivity contribution in [3.63, 3.8) is 0 Å². The van der Waals surface area contributed by atoms with Crippen molar-refractivity contribution in [3.8, 4) is 28.8 Å². The molecule has 318 valence electrons. The molecule has 0 spiro atoms. The average molecular weight is 850 g/mol. The van der Waals surface area contributed by atoms with Gasteiger partial charge in [0.25, 0.3) is 0 Å². The number of anilines is 2. The molecule has 2 aliphatic heterocycles. The van der Waals surface area contributed by atoms with Gasteiger partial charge in [0, 0.05) is 69.4 Å². The summed E-state index contributed by atoms with van der Waals surface area (Å²) in [7, 11) is 6.84. The van der Waals surface area contributed by atoms with Gasteiger partial charge in [-0.1, -0.05) is 35.9 Å². The molecule has 2 aromatic heterocycles. The number of halogens is 4. The molecule has 0 bridgehead atoms. The van der Waals surface area contributed by atoms with E-state index in [2.05, 4.69) is 4.90 Å². The van der Waals surface area contributed by atoms with Gasteiger partial charge in [-0.15, -0.1) is 0 Å². The molecule has 0 radical (unpaired) electrons. The van der Waals surface area contributed by atoms with Crippen molar-refractivity contribution in [1.82, 2.24) is 24.8 Å². The standard InChI is InChI=1S/C43H47ClF3N7O6/c1-51-29(25-57-2)9-10-30(51)26-60-41-48-37-22-33(36(44)21-34(37)40(50-41)52-17-19-53(20-18-52)42(55)56)39-35(43(45,46)47)15-16-38(49-39)54(23-27-5-11-31(58-3)12-6-27)24-28-7-13-32(59-4)14-8-28/h5-8,11-16,21-22,29-30H,9-10,17-20,23-26H2,1-4H3,(H,55,56). The molecular formula is C43H47ClF3N7O6. The predicted octanol–water partition coefficient (Wildman–Crippen LogP) is 7.88. The molecule has 1 N–H and O–H groups in total. The quantitative estimate of drug-likeness (QED) is 0.117. The Labute approximate surface area is 351 Å². The van der Waals surface area contributed by atoms with Crippen molar-refractivity contribution in [2.45, 2.75) is 44.2 Å². The first kappa shape index (κ1) is 42.5. The molecule has 60 heavy (non-hydrogen) atoms. The number of carboxylic acid groups (broad SMARTS) is 1. The van der Waals surface area contributed by atoms with E-state index in [9.17, 15) is 23.1 Å². The zero-order valence-corrected chi connectivity index (χ0v) is 34.5. The normalized spacial score (nSPS) is 17.3. The number of piperazine rings is 1. The summed E-state index contributed by atoms with van der Waals surface area (Å²) in [6.45, 7) is 2.59. The number of carbonyl (C=O) groups is 1. The zero-order chi connectivity index (χ0) is 42.6. The summed E-state index contributed by atoms with van der Waals surface area (Å²) in [4.78, 5) is 33.3. The van der Waals surface area contributed by atoms with Crippen LogP contribution in [0.5, 0.6) is 17.5 Å². The van der Waals surface area contributed by atoms with E-state index < -0.39 is 17.8 Å². The number of pyridine rings is 1. The van der Waals surface area contributed by atoms with Crippen molar-refractivity contribution in [2.75, 3.05) is 77.6 Å². The minimum Gasteiger partial charge on any atom is -0.497 e. The Bertz CT molecular complexity index is 2230. The number of fused-ring (bicyclic) bond motifs is 1. The van der Waals surface area contributed by atoms with Gasteiger partial charge in [-0.2, -0.15) is 23.1 Å². The average Bonchev–Trinajstić information content (AvgIpc) is 3.60. The second-order valence-electron chi connectivity index (χ2n) is 14.9. The Kier molecular flexibility index (Phi) is 13.0. The van der Waals surface area contributed by atoms with Crippen LogP contribution < -0.4 is 24.0 Å². The van der Waals surface area contributed by atoms with E-state index in [0.29, 0.717) is 61.0 Å². The smallest absolute Gasteiger partial charge is 0.418 e. The fourth-order valence-electron chi connectivity index (χ4n) is 7.74. The lowest BCUT2D eigenvalue weighted by Gasteiger charge is -2.34. The monoisotopic (exact) mass is 849 g/mol. The highest BCUT2D eigenvalue weighted by Crippen LogP contribution is 2.42. The summed E-state index contributed by atoms with van der Waals surface area (Å²) in [6, 6.07) is 20.7. The number of aromatic nitrogens is 3. The van der Waals surface area contributed by atoms with Crippen LogP contribution in [-0.2, 0) is 24.0 Å². The van der Waals surface area contributed by atoms with Crippen LogP contribution >= 0.6 is 11.6 Å². The van der Waals surface area contributed by atoms with Gasteiger partial charge in [0.15, 0.2) is 0 Å². The predicted molar refractivity (Wildman–Crippen MR) is 222 cm³/mol. The molecule has 2 aliphatic rings. The van der Waals surface area contributed by atoms with E-state index in [1.807, 2.05) is 65.4 Å². The fraction of sp³-hybridized carbons (Fsp3) is 0.395. The van der Waals surface area contributed by atoms with E-state index in [1.165, 1.54) is 17.0 Å².